The normalized spacial score (nSPS) is 22.9. The highest BCUT2D eigenvalue weighted by molar-refractivity contribution is 8.01. The third-order valence-corrected chi connectivity index (χ3v) is 6.52. The number of amides is 2. The fourth-order valence-electron chi connectivity index (χ4n) is 3.46. The van der Waals surface area contributed by atoms with Crippen molar-refractivity contribution in [3.8, 4) is 0 Å². The predicted octanol–water partition coefficient (Wildman–Crippen LogP) is 2.41. The van der Waals surface area contributed by atoms with Crippen LogP contribution in [0.1, 0.15) is 32.8 Å². The first-order valence-corrected chi connectivity index (χ1v) is 11.1. The number of nitrogens with one attached hydrogen (secondary N) is 1. The number of rotatable bonds is 8. The van der Waals surface area contributed by atoms with Crippen LogP contribution >= 0.6 is 11.8 Å². The topological polar surface area (TPSA) is 120 Å². The lowest BCUT2D eigenvalue weighted by molar-refractivity contribution is -0.169. The van der Waals surface area contributed by atoms with Crippen molar-refractivity contribution >= 4 is 35.9 Å². The molecule has 2 amide bonds. The van der Waals surface area contributed by atoms with E-state index in [1.165, 1.54) is 16.7 Å². The highest BCUT2D eigenvalue weighted by atomic mass is 32.2. The van der Waals surface area contributed by atoms with E-state index < -0.39 is 53.1 Å². The van der Waals surface area contributed by atoms with Crippen molar-refractivity contribution in [1.82, 2.24) is 10.2 Å². The van der Waals surface area contributed by atoms with Crippen molar-refractivity contribution < 1.29 is 38.1 Å². The van der Waals surface area contributed by atoms with Crippen molar-refractivity contribution in [2.45, 2.75) is 56.0 Å². The summed E-state index contributed by atoms with van der Waals surface area (Å²) in [5, 5.41) is 2.14. The number of thioether (sulfide) groups is 1. The molecule has 32 heavy (non-hydrogen) atoms. The molecule has 3 rings (SSSR count). The summed E-state index contributed by atoms with van der Waals surface area (Å²) in [7, 11) is 0. The molecule has 2 aliphatic rings. The van der Waals surface area contributed by atoms with Crippen LogP contribution < -0.4 is 5.32 Å². The van der Waals surface area contributed by atoms with Crippen LogP contribution in [0.15, 0.2) is 30.3 Å². The summed E-state index contributed by atoms with van der Waals surface area (Å²) in [5.41, 5.74) is 0.823. The van der Waals surface area contributed by atoms with Crippen LogP contribution in [0.5, 0.6) is 0 Å². The molecule has 2 saturated heterocycles. The molecule has 2 aliphatic heterocycles. The van der Waals surface area contributed by atoms with Crippen LogP contribution in [0.25, 0.3) is 0 Å². The zero-order valence-electron chi connectivity index (χ0n) is 18.1. The van der Waals surface area contributed by atoms with E-state index >= 15 is 0 Å². The van der Waals surface area contributed by atoms with E-state index in [-0.39, 0.29) is 13.2 Å². The summed E-state index contributed by atoms with van der Waals surface area (Å²) in [6, 6.07) is 7.47. The van der Waals surface area contributed by atoms with Crippen molar-refractivity contribution in [2.24, 2.45) is 0 Å². The highest BCUT2D eigenvalue weighted by Gasteiger charge is 2.64. The first kappa shape index (κ1) is 23.7. The number of hydrogen-bond acceptors (Lipinski definition) is 9. The molecule has 3 atom stereocenters. The van der Waals surface area contributed by atoms with E-state index in [1.54, 1.807) is 13.8 Å². The number of β-lactam (4-membered cyclic amide) rings is 1. The smallest absolute Gasteiger partial charge is 0.445 e. The second kappa shape index (κ2) is 10.1. The molecule has 0 radical (unpaired) electrons. The maximum Gasteiger partial charge on any atom is 0.511 e. The monoisotopic (exact) mass is 466 g/mol. The molecule has 11 heteroatoms. The van der Waals surface area contributed by atoms with Gasteiger partial charge in [-0.1, -0.05) is 37.3 Å². The number of benzene rings is 1. The average Bonchev–Trinajstić information content (AvgIpc) is 3.03. The second-order valence-electron chi connectivity index (χ2n) is 7.77. The number of ether oxygens (including phenoxy) is 4. The summed E-state index contributed by atoms with van der Waals surface area (Å²) in [5.74, 6) is -1.11. The summed E-state index contributed by atoms with van der Waals surface area (Å²) in [4.78, 5) is 50.2. The van der Waals surface area contributed by atoms with E-state index in [0.29, 0.717) is 6.42 Å². The van der Waals surface area contributed by atoms with Gasteiger partial charge in [0.25, 0.3) is 0 Å². The Morgan fingerprint density at radius 1 is 1.09 bits per heavy atom. The molecule has 2 heterocycles. The SMILES string of the molecule is CCCOC(=O)OCOC(=O)[C@@H]1N2C(=O)C(NC(=O)OCc3ccccc3)[C@H]2SC1(C)C. The third kappa shape index (κ3) is 5.26. The Morgan fingerprint density at radius 2 is 1.81 bits per heavy atom. The number of nitrogens with zero attached hydrogens (tertiary/aromatic N) is 1. The second-order valence-corrected chi connectivity index (χ2v) is 9.54. The van der Waals surface area contributed by atoms with Gasteiger partial charge in [0.05, 0.1) is 6.61 Å². The average molecular weight is 467 g/mol. The molecule has 0 aromatic heterocycles. The molecule has 1 aromatic carbocycles. The van der Waals surface area contributed by atoms with Gasteiger partial charge >= 0.3 is 18.2 Å². The van der Waals surface area contributed by atoms with Crippen molar-refractivity contribution in [3.05, 3.63) is 35.9 Å². The van der Waals surface area contributed by atoms with Gasteiger partial charge in [-0.05, 0) is 25.8 Å². The molecule has 0 bridgehead atoms. The Hall–Kier alpha value is -2.95. The lowest BCUT2D eigenvalue weighted by Crippen LogP contribution is -2.70. The Bertz CT molecular complexity index is 863. The van der Waals surface area contributed by atoms with Crippen molar-refractivity contribution in [1.29, 1.82) is 0 Å². The Labute approximate surface area is 189 Å². The minimum Gasteiger partial charge on any atom is -0.445 e. The van der Waals surface area contributed by atoms with Gasteiger partial charge in [-0.25, -0.2) is 14.4 Å². The predicted molar refractivity (Wildman–Crippen MR) is 113 cm³/mol. The Balaban J connectivity index is 1.51. The molecule has 1 aromatic rings. The van der Waals surface area contributed by atoms with E-state index in [4.69, 9.17) is 18.9 Å². The number of carbonyl (C=O) groups excluding carboxylic acids is 4. The van der Waals surface area contributed by atoms with Gasteiger partial charge in [-0.15, -0.1) is 11.8 Å². The van der Waals surface area contributed by atoms with Gasteiger partial charge in [-0.3, -0.25) is 4.79 Å². The van der Waals surface area contributed by atoms with Crippen LogP contribution in [0.2, 0.25) is 0 Å². The lowest BCUT2D eigenvalue weighted by Gasteiger charge is -2.43. The molecule has 174 valence electrons. The van der Waals surface area contributed by atoms with Gasteiger partial charge in [0.15, 0.2) is 0 Å². The van der Waals surface area contributed by atoms with Crippen LogP contribution in [-0.4, -0.2) is 64.6 Å². The van der Waals surface area contributed by atoms with Gasteiger partial charge in [0.2, 0.25) is 12.7 Å². The number of esters is 1. The van der Waals surface area contributed by atoms with Crippen LogP contribution in [0.4, 0.5) is 9.59 Å². The Kier molecular flexibility index (Phi) is 7.49. The van der Waals surface area contributed by atoms with Crippen LogP contribution in [0.3, 0.4) is 0 Å². The zero-order valence-corrected chi connectivity index (χ0v) is 18.9. The van der Waals surface area contributed by atoms with Crippen molar-refractivity contribution in [2.75, 3.05) is 13.4 Å². The van der Waals surface area contributed by atoms with E-state index in [9.17, 15) is 19.2 Å². The lowest BCUT2D eigenvalue weighted by atomic mass is 9.96. The zero-order chi connectivity index (χ0) is 23.3. The fraction of sp³-hybridized carbons (Fsp3) is 0.524. The minimum absolute atomic E-state index is 0.0796. The molecular weight excluding hydrogens is 440 g/mol. The van der Waals surface area contributed by atoms with E-state index in [0.717, 1.165) is 5.56 Å². The summed E-state index contributed by atoms with van der Waals surface area (Å²) >= 11 is 1.37. The fourth-order valence-corrected chi connectivity index (χ4v) is 5.08. The van der Waals surface area contributed by atoms with E-state index in [1.807, 2.05) is 37.3 Å². The highest BCUT2D eigenvalue weighted by Crippen LogP contribution is 2.51. The summed E-state index contributed by atoms with van der Waals surface area (Å²) < 4.78 is 19.0. The number of alkyl carbamates (subject to hydrolysis) is 1. The van der Waals surface area contributed by atoms with Gasteiger partial charge in [0, 0.05) is 4.75 Å². The molecule has 0 aliphatic carbocycles. The molecule has 0 spiro atoms. The third-order valence-electron chi connectivity index (χ3n) is 4.95. The molecule has 0 saturated carbocycles. The van der Waals surface area contributed by atoms with Crippen LogP contribution in [0, 0.1) is 0 Å². The number of carbonyl (C=O) groups is 4. The van der Waals surface area contributed by atoms with Crippen LogP contribution in [-0.2, 0) is 35.1 Å². The van der Waals surface area contributed by atoms with Gasteiger partial charge in [0.1, 0.15) is 24.1 Å². The van der Waals surface area contributed by atoms with Crippen molar-refractivity contribution in [3.63, 3.8) is 0 Å². The van der Waals surface area contributed by atoms with Gasteiger partial charge < -0.3 is 29.2 Å². The first-order chi connectivity index (χ1) is 15.2. The quantitative estimate of drug-likeness (QED) is 0.266. The summed E-state index contributed by atoms with van der Waals surface area (Å²) in [6.07, 6.45) is -1.01. The molecule has 1 N–H and O–H groups in total. The van der Waals surface area contributed by atoms with Gasteiger partial charge in [-0.2, -0.15) is 0 Å². The first-order valence-electron chi connectivity index (χ1n) is 10.2. The maximum absolute atomic E-state index is 12.7. The number of hydrogen-bond donors (Lipinski definition) is 1. The summed E-state index contributed by atoms with van der Waals surface area (Å²) in [6.45, 7) is 5.10. The molecular formula is C21H26N2O8S. The molecule has 10 nitrogen and oxygen atoms in total. The number of fused-ring (bicyclic) bond motifs is 1. The largest absolute Gasteiger partial charge is 0.511 e. The Morgan fingerprint density at radius 3 is 2.50 bits per heavy atom. The minimum atomic E-state index is -0.934. The molecule has 2 fully saturated rings. The van der Waals surface area contributed by atoms with E-state index in [2.05, 4.69) is 5.32 Å². The standard InChI is InChI=1S/C21H26N2O8S/c1-4-10-28-20(27)31-12-30-18(25)15-21(2,3)32-17-14(16(24)23(15)17)22-19(26)29-11-13-8-6-5-7-9-13/h5-9,14-15,17H,4,10-12H2,1-3H3,(H,22,26)/t14?,15-,17+/m0/s1. The maximum atomic E-state index is 12.7. The molecule has 1 unspecified atom stereocenters.